The largest absolute Gasteiger partial charge is 0.297 e. The third-order valence-electron chi connectivity index (χ3n) is 2.44. The minimum atomic E-state index is 0.726. The van der Waals surface area contributed by atoms with Gasteiger partial charge < -0.3 is 0 Å². The second kappa shape index (κ2) is 4.48. The summed E-state index contributed by atoms with van der Waals surface area (Å²) in [6.45, 7) is 4.44. The van der Waals surface area contributed by atoms with E-state index in [0.29, 0.717) is 0 Å². The number of hydrazone groups is 1. The van der Waals surface area contributed by atoms with Crippen molar-refractivity contribution in [3.8, 4) is 0 Å². The van der Waals surface area contributed by atoms with Gasteiger partial charge in [-0.1, -0.05) is 13.8 Å². The molecule has 70 valence electrons. The van der Waals surface area contributed by atoms with Gasteiger partial charge in [0.2, 0.25) is 0 Å². The molecule has 1 aliphatic rings. The summed E-state index contributed by atoms with van der Waals surface area (Å²) in [6, 6.07) is 0.730. The Hall–Kier alpha value is -0.530. The zero-order valence-corrected chi connectivity index (χ0v) is 8.45. The summed E-state index contributed by atoms with van der Waals surface area (Å²) in [5.41, 5.74) is 0. The predicted octanol–water partition coefficient (Wildman–Crippen LogP) is 2.50. The molecular formula is C10H20N2. The molecule has 0 atom stereocenters. The monoisotopic (exact) mass is 168 g/mol. The molecule has 0 aromatic carbocycles. The molecule has 0 unspecified atom stereocenters. The van der Waals surface area contributed by atoms with Gasteiger partial charge in [-0.3, -0.25) is 5.01 Å². The lowest BCUT2D eigenvalue weighted by Crippen LogP contribution is -2.33. The van der Waals surface area contributed by atoms with Crippen LogP contribution in [0.4, 0.5) is 0 Å². The quantitative estimate of drug-likeness (QED) is 0.465. The fourth-order valence-corrected chi connectivity index (χ4v) is 1.24. The molecule has 2 nitrogen and oxygen atoms in total. The van der Waals surface area contributed by atoms with E-state index in [1.54, 1.807) is 0 Å². The Labute approximate surface area is 75.6 Å². The second-order valence-electron chi connectivity index (χ2n) is 4.09. The van der Waals surface area contributed by atoms with E-state index in [1.807, 2.05) is 6.21 Å². The van der Waals surface area contributed by atoms with E-state index in [0.717, 1.165) is 18.4 Å². The van der Waals surface area contributed by atoms with Crippen LogP contribution in [0.5, 0.6) is 0 Å². The molecule has 0 N–H and O–H groups in total. The van der Waals surface area contributed by atoms with Crippen LogP contribution >= 0.6 is 0 Å². The van der Waals surface area contributed by atoms with Gasteiger partial charge in [0.1, 0.15) is 0 Å². The molecular weight excluding hydrogens is 148 g/mol. The number of hydrogen-bond donors (Lipinski definition) is 0. The van der Waals surface area contributed by atoms with Gasteiger partial charge in [-0.05, 0) is 31.6 Å². The minimum absolute atomic E-state index is 0.726. The summed E-state index contributed by atoms with van der Waals surface area (Å²) in [7, 11) is 2.08. The van der Waals surface area contributed by atoms with Crippen LogP contribution in [0.1, 0.15) is 39.5 Å². The lowest BCUT2D eigenvalue weighted by atomic mass is 9.93. The Morgan fingerprint density at radius 3 is 2.58 bits per heavy atom. The average Bonchev–Trinajstić information content (AvgIpc) is 1.81. The van der Waals surface area contributed by atoms with Crippen LogP contribution in [0.2, 0.25) is 0 Å². The normalized spacial score (nSPS) is 18.7. The Bertz CT molecular complexity index is 148. The van der Waals surface area contributed by atoms with Crippen molar-refractivity contribution in [3.05, 3.63) is 0 Å². The third kappa shape index (κ3) is 2.84. The maximum Gasteiger partial charge on any atom is 0.0467 e. The number of hydrogen-bond acceptors (Lipinski definition) is 2. The van der Waals surface area contributed by atoms with Crippen molar-refractivity contribution in [2.45, 2.75) is 45.6 Å². The van der Waals surface area contributed by atoms with Crippen molar-refractivity contribution >= 4 is 6.21 Å². The highest BCUT2D eigenvalue weighted by Crippen LogP contribution is 2.23. The summed E-state index contributed by atoms with van der Waals surface area (Å²) in [5, 5.41) is 6.51. The van der Waals surface area contributed by atoms with Crippen molar-refractivity contribution < 1.29 is 0 Å². The molecule has 1 rings (SSSR count). The minimum Gasteiger partial charge on any atom is -0.297 e. The first kappa shape index (κ1) is 9.56. The highest BCUT2D eigenvalue weighted by atomic mass is 15.4. The summed E-state index contributed by atoms with van der Waals surface area (Å²) < 4.78 is 0. The average molecular weight is 168 g/mol. The molecule has 1 saturated carbocycles. The molecule has 0 heterocycles. The lowest BCUT2D eigenvalue weighted by Gasteiger charge is -2.32. The van der Waals surface area contributed by atoms with E-state index in [4.69, 9.17) is 0 Å². The number of rotatable bonds is 4. The zero-order valence-electron chi connectivity index (χ0n) is 8.45. The summed E-state index contributed by atoms with van der Waals surface area (Å²) in [4.78, 5) is 0. The van der Waals surface area contributed by atoms with Crippen LogP contribution in [0.25, 0.3) is 0 Å². The maximum atomic E-state index is 4.39. The molecule has 0 aromatic heterocycles. The van der Waals surface area contributed by atoms with Gasteiger partial charge in [0.15, 0.2) is 0 Å². The van der Waals surface area contributed by atoms with E-state index in [-0.39, 0.29) is 0 Å². The molecule has 0 amide bonds. The van der Waals surface area contributed by atoms with Crippen LogP contribution in [-0.2, 0) is 0 Å². The van der Waals surface area contributed by atoms with E-state index >= 15 is 0 Å². The van der Waals surface area contributed by atoms with Crippen molar-refractivity contribution in [1.29, 1.82) is 0 Å². The standard InChI is InChI=1S/C10H20N2/c1-9(2)7-8-11-12(3)10-5-4-6-10/h8-10H,4-7H2,1-3H3/b11-8-. The highest BCUT2D eigenvalue weighted by Gasteiger charge is 2.20. The van der Waals surface area contributed by atoms with Gasteiger partial charge in [0.05, 0.1) is 0 Å². The molecule has 0 saturated heterocycles. The highest BCUT2D eigenvalue weighted by molar-refractivity contribution is 5.56. The topological polar surface area (TPSA) is 15.6 Å². The zero-order chi connectivity index (χ0) is 8.97. The SMILES string of the molecule is CC(C)C/C=N\N(C)C1CCC1. The van der Waals surface area contributed by atoms with E-state index in [2.05, 4.69) is 31.0 Å². The van der Waals surface area contributed by atoms with Gasteiger partial charge in [-0.2, -0.15) is 5.10 Å². The van der Waals surface area contributed by atoms with Crippen molar-refractivity contribution in [1.82, 2.24) is 5.01 Å². The first-order valence-electron chi connectivity index (χ1n) is 4.95. The fourth-order valence-electron chi connectivity index (χ4n) is 1.24. The molecule has 0 radical (unpaired) electrons. The van der Waals surface area contributed by atoms with Gasteiger partial charge in [0.25, 0.3) is 0 Å². The number of nitrogens with zero attached hydrogens (tertiary/aromatic N) is 2. The summed E-state index contributed by atoms with van der Waals surface area (Å²) in [6.07, 6.45) is 7.18. The van der Waals surface area contributed by atoms with E-state index in [1.165, 1.54) is 19.3 Å². The molecule has 0 spiro atoms. The maximum absolute atomic E-state index is 4.39. The summed E-state index contributed by atoms with van der Waals surface area (Å²) in [5.74, 6) is 0.726. The van der Waals surface area contributed by atoms with Gasteiger partial charge in [-0.15, -0.1) is 0 Å². The molecule has 1 aliphatic carbocycles. The smallest absolute Gasteiger partial charge is 0.0467 e. The predicted molar refractivity (Wildman–Crippen MR) is 53.3 cm³/mol. The van der Waals surface area contributed by atoms with Gasteiger partial charge >= 0.3 is 0 Å². The first-order valence-corrected chi connectivity index (χ1v) is 4.95. The lowest BCUT2D eigenvalue weighted by molar-refractivity contribution is 0.166. The van der Waals surface area contributed by atoms with Crippen LogP contribution in [0, 0.1) is 5.92 Å². The van der Waals surface area contributed by atoms with Gasteiger partial charge in [0, 0.05) is 19.3 Å². The molecule has 0 bridgehead atoms. The van der Waals surface area contributed by atoms with Crippen LogP contribution in [-0.4, -0.2) is 24.3 Å². The Morgan fingerprint density at radius 1 is 1.50 bits per heavy atom. The third-order valence-corrected chi connectivity index (χ3v) is 2.44. The second-order valence-corrected chi connectivity index (χ2v) is 4.09. The van der Waals surface area contributed by atoms with E-state index < -0.39 is 0 Å². The van der Waals surface area contributed by atoms with Crippen molar-refractivity contribution in [2.24, 2.45) is 11.0 Å². The summed E-state index contributed by atoms with van der Waals surface area (Å²) >= 11 is 0. The molecule has 12 heavy (non-hydrogen) atoms. The van der Waals surface area contributed by atoms with Crippen LogP contribution in [0.3, 0.4) is 0 Å². The van der Waals surface area contributed by atoms with Gasteiger partial charge in [-0.25, -0.2) is 0 Å². The Morgan fingerprint density at radius 2 is 2.17 bits per heavy atom. The fraction of sp³-hybridized carbons (Fsp3) is 0.900. The van der Waals surface area contributed by atoms with Crippen molar-refractivity contribution in [3.63, 3.8) is 0 Å². The van der Waals surface area contributed by atoms with Crippen LogP contribution in [0.15, 0.2) is 5.10 Å². The molecule has 0 aromatic rings. The van der Waals surface area contributed by atoms with Crippen molar-refractivity contribution in [2.75, 3.05) is 7.05 Å². The Balaban J connectivity index is 2.15. The van der Waals surface area contributed by atoms with Crippen LogP contribution < -0.4 is 0 Å². The molecule has 1 fully saturated rings. The Kier molecular flexibility index (Phi) is 3.57. The first-order chi connectivity index (χ1) is 5.70. The molecule has 2 heteroatoms. The molecule has 0 aliphatic heterocycles. The van der Waals surface area contributed by atoms with E-state index in [9.17, 15) is 0 Å².